The van der Waals surface area contributed by atoms with Crippen molar-refractivity contribution in [3.05, 3.63) is 48.0 Å². The Morgan fingerprint density at radius 3 is 2.73 bits per heavy atom. The molecule has 3 aromatic rings. The summed E-state index contributed by atoms with van der Waals surface area (Å²) in [4.78, 5) is 18.9. The first-order valence-electron chi connectivity index (χ1n) is 8.74. The van der Waals surface area contributed by atoms with Gasteiger partial charge in [0.25, 0.3) is 5.91 Å². The lowest BCUT2D eigenvalue weighted by Crippen LogP contribution is -2.48. The molecule has 0 saturated carbocycles. The Bertz CT molecular complexity index is 952. The number of amides is 1. The summed E-state index contributed by atoms with van der Waals surface area (Å²) >= 11 is 0. The Balaban J connectivity index is 1.71. The second-order valence-electron chi connectivity index (χ2n) is 6.78. The van der Waals surface area contributed by atoms with Crippen LogP contribution < -0.4 is 0 Å². The largest absolute Gasteiger partial charge is 0.372 e. The number of nitrogens with zero attached hydrogens (tertiary/aromatic N) is 5. The molecule has 1 fully saturated rings. The number of hydrogen-bond donors (Lipinski definition) is 0. The van der Waals surface area contributed by atoms with Crippen LogP contribution in [0.5, 0.6) is 0 Å². The van der Waals surface area contributed by atoms with Crippen LogP contribution in [-0.2, 0) is 4.74 Å². The van der Waals surface area contributed by atoms with E-state index in [4.69, 9.17) is 4.74 Å². The second-order valence-corrected chi connectivity index (χ2v) is 6.78. The van der Waals surface area contributed by atoms with Crippen LogP contribution in [0.25, 0.3) is 16.5 Å². The van der Waals surface area contributed by atoms with Crippen LogP contribution in [0.15, 0.2) is 36.7 Å². The summed E-state index contributed by atoms with van der Waals surface area (Å²) in [7, 11) is 0. The van der Waals surface area contributed by atoms with Crippen LogP contribution in [-0.4, -0.2) is 56.1 Å². The Morgan fingerprint density at radius 1 is 1.19 bits per heavy atom. The molecule has 7 heteroatoms. The molecule has 4 rings (SSSR count). The maximum Gasteiger partial charge on any atom is 0.276 e. The van der Waals surface area contributed by atoms with Gasteiger partial charge >= 0.3 is 0 Å². The fourth-order valence-corrected chi connectivity index (χ4v) is 3.54. The summed E-state index contributed by atoms with van der Waals surface area (Å²) in [5.74, 6) is -0.0994. The van der Waals surface area contributed by atoms with Gasteiger partial charge in [-0.3, -0.25) is 9.78 Å². The zero-order valence-corrected chi connectivity index (χ0v) is 15.1. The summed E-state index contributed by atoms with van der Waals surface area (Å²) in [6.45, 7) is 6.96. The molecule has 2 aromatic heterocycles. The minimum absolute atomic E-state index is 0.0172. The number of carbonyl (C=O) groups excluding carboxylic acids is 1. The van der Waals surface area contributed by atoms with Gasteiger partial charge in [-0.15, -0.1) is 5.10 Å². The van der Waals surface area contributed by atoms with E-state index in [-0.39, 0.29) is 18.1 Å². The van der Waals surface area contributed by atoms with Crippen LogP contribution in [0.2, 0.25) is 0 Å². The van der Waals surface area contributed by atoms with E-state index >= 15 is 0 Å². The molecule has 0 aliphatic carbocycles. The van der Waals surface area contributed by atoms with Crippen LogP contribution >= 0.6 is 0 Å². The molecule has 1 aliphatic rings. The number of fused-ring (bicyclic) bond motifs is 1. The number of hydrogen-bond acceptors (Lipinski definition) is 5. The van der Waals surface area contributed by atoms with Gasteiger partial charge < -0.3 is 9.64 Å². The topological polar surface area (TPSA) is 73.1 Å². The van der Waals surface area contributed by atoms with E-state index < -0.39 is 0 Å². The molecule has 26 heavy (non-hydrogen) atoms. The van der Waals surface area contributed by atoms with Crippen LogP contribution in [0.1, 0.15) is 30.0 Å². The summed E-state index contributed by atoms with van der Waals surface area (Å²) in [6, 6.07) is 7.86. The summed E-state index contributed by atoms with van der Waals surface area (Å²) in [6.07, 6.45) is 3.60. The Hall–Kier alpha value is -2.80. The maximum absolute atomic E-state index is 13.0. The number of aromatic nitrogens is 4. The highest BCUT2D eigenvalue weighted by atomic mass is 16.5. The molecule has 0 bridgehead atoms. The monoisotopic (exact) mass is 351 g/mol. The molecule has 0 spiro atoms. The quantitative estimate of drug-likeness (QED) is 0.709. The number of carbonyl (C=O) groups is 1. The van der Waals surface area contributed by atoms with Crippen molar-refractivity contribution in [3.63, 3.8) is 0 Å². The maximum atomic E-state index is 13.0. The first-order chi connectivity index (χ1) is 12.5. The van der Waals surface area contributed by atoms with E-state index in [9.17, 15) is 4.79 Å². The SMILES string of the molecule is Cc1c(C(=O)N2C[C@@H](C)O[C@@H](C)C2)nnn1-c1cccc2cnccc12. The molecule has 3 heterocycles. The van der Waals surface area contributed by atoms with Crippen molar-refractivity contribution in [2.45, 2.75) is 33.0 Å². The molecule has 1 amide bonds. The standard InChI is InChI=1S/C19H21N5O2/c1-12-10-23(11-13(2)26-12)19(25)18-14(3)24(22-21-18)17-6-4-5-15-9-20-8-7-16(15)17/h4-9,12-13H,10-11H2,1-3H3/t12-,13+. The lowest BCUT2D eigenvalue weighted by atomic mass is 10.1. The van der Waals surface area contributed by atoms with Gasteiger partial charge in [-0.1, -0.05) is 17.3 Å². The van der Waals surface area contributed by atoms with Crippen LogP contribution in [0.4, 0.5) is 0 Å². The highest BCUT2D eigenvalue weighted by Gasteiger charge is 2.29. The van der Waals surface area contributed by atoms with E-state index in [1.807, 2.05) is 51.2 Å². The highest BCUT2D eigenvalue weighted by Crippen LogP contribution is 2.23. The average Bonchev–Trinajstić information content (AvgIpc) is 3.01. The van der Waals surface area contributed by atoms with Crippen molar-refractivity contribution in [2.75, 3.05) is 13.1 Å². The van der Waals surface area contributed by atoms with Gasteiger partial charge in [-0.25, -0.2) is 4.68 Å². The number of rotatable bonds is 2. The Morgan fingerprint density at radius 2 is 1.96 bits per heavy atom. The second kappa shape index (κ2) is 6.49. The predicted molar refractivity (Wildman–Crippen MR) is 97.3 cm³/mol. The average molecular weight is 351 g/mol. The van der Waals surface area contributed by atoms with Crippen LogP contribution in [0.3, 0.4) is 0 Å². The molecule has 0 unspecified atom stereocenters. The zero-order valence-electron chi connectivity index (χ0n) is 15.1. The van der Waals surface area contributed by atoms with Crippen molar-refractivity contribution in [1.29, 1.82) is 0 Å². The number of pyridine rings is 1. The molecular formula is C19H21N5O2. The van der Waals surface area contributed by atoms with Gasteiger partial charge in [0.1, 0.15) is 0 Å². The van der Waals surface area contributed by atoms with Gasteiger partial charge in [0.2, 0.25) is 0 Å². The Labute approximate surface area is 151 Å². The number of morpholine rings is 1. The van der Waals surface area contributed by atoms with E-state index in [0.717, 1.165) is 22.2 Å². The van der Waals surface area contributed by atoms with Crippen molar-refractivity contribution >= 4 is 16.7 Å². The fourth-order valence-electron chi connectivity index (χ4n) is 3.54. The summed E-state index contributed by atoms with van der Waals surface area (Å²) in [5.41, 5.74) is 2.00. The lowest BCUT2D eigenvalue weighted by Gasteiger charge is -2.34. The van der Waals surface area contributed by atoms with Gasteiger partial charge in [-0.05, 0) is 32.9 Å². The summed E-state index contributed by atoms with van der Waals surface area (Å²) in [5, 5.41) is 10.5. The molecule has 1 aromatic carbocycles. The van der Waals surface area contributed by atoms with Gasteiger partial charge in [0.05, 0.1) is 23.6 Å². The number of ether oxygens (including phenoxy) is 1. The molecule has 0 N–H and O–H groups in total. The molecule has 7 nitrogen and oxygen atoms in total. The van der Waals surface area contributed by atoms with Crippen molar-refractivity contribution < 1.29 is 9.53 Å². The molecule has 0 radical (unpaired) electrons. The third-order valence-corrected chi connectivity index (χ3v) is 4.69. The van der Waals surface area contributed by atoms with Gasteiger partial charge in [-0.2, -0.15) is 0 Å². The van der Waals surface area contributed by atoms with E-state index in [0.29, 0.717) is 18.8 Å². The first kappa shape index (κ1) is 16.7. The zero-order chi connectivity index (χ0) is 18.3. The molecule has 1 aliphatic heterocycles. The van der Waals surface area contributed by atoms with Crippen molar-refractivity contribution in [1.82, 2.24) is 24.9 Å². The van der Waals surface area contributed by atoms with Crippen molar-refractivity contribution in [2.24, 2.45) is 0 Å². The third kappa shape index (κ3) is 2.84. The Kier molecular flexibility index (Phi) is 4.16. The molecule has 134 valence electrons. The van der Waals surface area contributed by atoms with E-state index in [1.165, 1.54) is 0 Å². The minimum atomic E-state index is -0.0994. The van der Waals surface area contributed by atoms with Crippen molar-refractivity contribution in [3.8, 4) is 5.69 Å². The van der Waals surface area contributed by atoms with Gasteiger partial charge in [0, 0.05) is 36.3 Å². The molecular weight excluding hydrogens is 330 g/mol. The highest BCUT2D eigenvalue weighted by molar-refractivity contribution is 5.94. The molecule has 1 saturated heterocycles. The summed E-state index contributed by atoms with van der Waals surface area (Å²) < 4.78 is 7.44. The lowest BCUT2D eigenvalue weighted by molar-refractivity contribution is -0.0587. The van der Waals surface area contributed by atoms with E-state index in [1.54, 1.807) is 15.8 Å². The third-order valence-electron chi connectivity index (χ3n) is 4.69. The minimum Gasteiger partial charge on any atom is -0.372 e. The van der Waals surface area contributed by atoms with Crippen LogP contribution in [0, 0.1) is 6.92 Å². The smallest absolute Gasteiger partial charge is 0.276 e. The molecule has 2 atom stereocenters. The van der Waals surface area contributed by atoms with E-state index in [2.05, 4.69) is 15.3 Å². The van der Waals surface area contributed by atoms with Gasteiger partial charge in [0.15, 0.2) is 5.69 Å². The number of benzene rings is 1. The predicted octanol–water partition coefficient (Wildman–Crippen LogP) is 2.37. The normalized spacial score (nSPS) is 20.5. The first-order valence-corrected chi connectivity index (χ1v) is 8.74. The fraction of sp³-hybridized carbons (Fsp3) is 0.368.